The van der Waals surface area contributed by atoms with Crippen molar-refractivity contribution in [3.63, 3.8) is 0 Å². The fraction of sp³-hybridized carbons (Fsp3) is 0.438. The summed E-state index contributed by atoms with van der Waals surface area (Å²) in [5.41, 5.74) is 3.69. The number of nitrogens with one attached hydrogen (secondary N) is 1. The van der Waals surface area contributed by atoms with E-state index in [0.29, 0.717) is 18.5 Å². The number of benzene rings is 1. The predicted molar refractivity (Wildman–Crippen MR) is 81.6 cm³/mol. The molecule has 1 saturated heterocycles. The lowest BCUT2D eigenvalue weighted by molar-refractivity contribution is -0.136. The van der Waals surface area contributed by atoms with Crippen LogP contribution < -0.4 is 10.2 Å². The molecule has 6 nitrogen and oxygen atoms in total. The van der Waals surface area contributed by atoms with Crippen LogP contribution in [0.15, 0.2) is 12.1 Å². The lowest BCUT2D eigenvalue weighted by Gasteiger charge is -2.29. The van der Waals surface area contributed by atoms with E-state index >= 15 is 0 Å². The molecule has 1 aromatic carbocycles. The first-order valence-electron chi connectivity index (χ1n) is 7.34. The van der Waals surface area contributed by atoms with Crippen LogP contribution in [-0.2, 0) is 16.1 Å². The molecule has 0 saturated carbocycles. The number of piperidine rings is 1. The van der Waals surface area contributed by atoms with E-state index in [0.717, 1.165) is 16.8 Å². The molecule has 2 heterocycles. The van der Waals surface area contributed by atoms with Crippen LogP contribution in [0.1, 0.15) is 34.3 Å². The third-order valence-electron chi connectivity index (χ3n) is 4.32. The summed E-state index contributed by atoms with van der Waals surface area (Å²) in [6.07, 6.45) is 0.669. The summed E-state index contributed by atoms with van der Waals surface area (Å²) in [5, 5.41) is 2.31. The monoisotopic (exact) mass is 301 g/mol. The molecule has 2 aliphatic rings. The fourth-order valence-corrected chi connectivity index (χ4v) is 3.19. The van der Waals surface area contributed by atoms with Crippen molar-refractivity contribution in [1.29, 1.82) is 0 Å². The second-order valence-corrected chi connectivity index (χ2v) is 6.09. The van der Waals surface area contributed by atoms with E-state index in [9.17, 15) is 14.4 Å². The SMILES string of the molecule is Cc1cc2c(cc1N(C)C)CN(C1CCC(=O)NC1=O)C2=O. The molecular formula is C16H19N3O3. The average Bonchev–Trinajstić information content (AvgIpc) is 2.75. The molecule has 1 atom stereocenters. The number of carbonyl (C=O) groups is 3. The summed E-state index contributed by atoms with van der Waals surface area (Å²) >= 11 is 0. The summed E-state index contributed by atoms with van der Waals surface area (Å²) < 4.78 is 0. The maximum absolute atomic E-state index is 12.6. The van der Waals surface area contributed by atoms with Gasteiger partial charge in [-0.25, -0.2) is 0 Å². The van der Waals surface area contributed by atoms with Crippen molar-refractivity contribution in [2.45, 2.75) is 32.4 Å². The Morgan fingerprint density at radius 2 is 1.95 bits per heavy atom. The Kier molecular flexibility index (Phi) is 3.39. The van der Waals surface area contributed by atoms with Gasteiger partial charge < -0.3 is 9.80 Å². The highest BCUT2D eigenvalue weighted by molar-refractivity contribution is 6.05. The van der Waals surface area contributed by atoms with Crippen molar-refractivity contribution in [3.05, 3.63) is 28.8 Å². The Morgan fingerprint density at radius 1 is 1.23 bits per heavy atom. The molecule has 6 heteroatoms. The molecule has 0 radical (unpaired) electrons. The van der Waals surface area contributed by atoms with Gasteiger partial charge in [-0.2, -0.15) is 0 Å². The molecule has 2 aliphatic heterocycles. The van der Waals surface area contributed by atoms with Gasteiger partial charge in [0.15, 0.2) is 0 Å². The molecule has 3 rings (SSSR count). The van der Waals surface area contributed by atoms with E-state index in [4.69, 9.17) is 0 Å². The van der Waals surface area contributed by atoms with Crippen molar-refractivity contribution < 1.29 is 14.4 Å². The highest BCUT2D eigenvalue weighted by Gasteiger charge is 2.39. The number of nitrogens with zero attached hydrogens (tertiary/aromatic N) is 2. The zero-order valence-electron chi connectivity index (χ0n) is 13.0. The van der Waals surface area contributed by atoms with Crippen LogP contribution in [0.25, 0.3) is 0 Å². The van der Waals surface area contributed by atoms with Crippen LogP contribution in [0.5, 0.6) is 0 Å². The van der Waals surface area contributed by atoms with Crippen LogP contribution in [0.4, 0.5) is 5.69 Å². The summed E-state index contributed by atoms with van der Waals surface area (Å²) in [6, 6.07) is 3.34. The average molecular weight is 301 g/mol. The Balaban J connectivity index is 1.91. The Hall–Kier alpha value is -2.37. The number of aryl methyl sites for hydroxylation is 1. The molecule has 0 spiro atoms. The minimum atomic E-state index is -0.555. The van der Waals surface area contributed by atoms with E-state index in [1.165, 1.54) is 0 Å². The minimum Gasteiger partial charge on any atom is -0.377 e. The van der Waals surface area contributed by atoms with Crippen molar-refractivity contribution in [1.82, 2.24) is 10.2 Å². The highest BCUT2D eigenvalue weighted by Crippen LogP contribution is 2.32. The van der Waals surface area contributed by atoms with Crippen molar-refractivity contribution >= 4 is 23.4 Å². The van der Waals surface area contributed by atoms with E-state index in [1.54, 1.807) is 4.90 Å². The topological polar surface area (TPSA) is 69.7 Å². The van der Waals surface area contributed by atoms with Crippen LogP contribution in [0, 0.1) is 6.92 Å². The normalized spacial score (nSPS) is 21.0. The van der Waals surface area contributed by atoms with Gasteiger partial charge in [0.25, 0.3) is 5.91 Å². The fourth-order valence-electron chi connectivity index (χ4n) is 3.19. The van der Waals surface area contributed by atoms with Gasteiger partial charge >= 0.3 is 0 Å². The van der Waals surface area contributed by atoms with Crippen molar-refractivity contribution in [3.8, 4) is 0 Å². The third kappa shape index (κ3) is 2.24. The first-order valence-corrected chi connectivity index (χ1v) is 7.34. The molecule has 0 aliphatic carbocycles. The van der Waals surface area contributed by atoms with Gasteiger partial charge in [-0.1, -0.05) is 0 Å². The van der Waals surface area contributed by atoms with Gasteiger partial charge in [0, 0.05) is 38.3 Å². The van der Waals surface area contributed by atoms with E-state index in [1.807, 2.05) is 38.1 Å². The lowest BCUT2D eigenvalue weighted by Crippen LogP contribution is -2.52. The van der Waals surface area contributed by atoms with Gasteiger partial charge in [0.2, 0.25) is 11.8 Å². The molecule has 1 unspecified atom stereocenters. The molecule has 3 amide bonds. The number of rotatable bonds is 2. The maximum Gasteiger partial charge on any atom is 0.255 e. The van der Waals surface area contributed by atoms with Crippen LogP contribution in [0.2, 0.25) is 0 Å². The summed E-state index contributed by atoms with van der Waals surface area (Å²) in [6.45, 7) is 2.39. The smallest absolute Gasteiger partial charge is 0.255 e. The third-order valence-corrected chi connectivity index (χ3v) is 4.32. The minimum absolute atomic E-state index is 0.127. The number of imide groups is 1. The molecule has 1 fully saturated rings. The number of amides is 3. The Morgan fingerprint density at radius 3 is 2.59 bits per heavy atom. The molecule has 1 N–H and O–H groups in total. The first kappa shape index (κ1) is 14.6. The van der Waals surface area contributed by atoms with E-state index < -0.39 is 6.04 Å². The molecule has 22 heavy (non-hydrogen) atoms. The van der Waals surface area contributed by atoms with Crippen LogP contribution in [0.3, 0.4) is 0 Å². The number of fused-ring (bicyclic) bond motifs is 1. The highest BCUT2D eigenvalue weighted by atomic mass is 16.2. The van der Waals surface area contributed by atoms with Crippen molar-refractivity contribution in [2.24, 2.45) is 0 Å². The Labute approximate surface area is 129 Å². The van der Waals surface area contributed by atoms with Crippen LogP contribution >= 0.6 is 0 Å². The zero-order valence-corrected chi connectivity index (χ0v) is 13.0. The van der Waals surface area contributed by atoms with Gasteiger partial charge in [-0.15, -0.1) is 0 Å². The number of carbonyl (C=O) groups excluding carboxylic acids is 3. The lowest BCUT2D eigenvalue weighted by atomic mass is 10.0. The largest absolute Gasteiger partial charge is 0.377 e. The van der Waals surface area contributed by atoms with E-state index in [2.05, 4.69) is 5.32 Å². The molecule has 0 aromatic heterocycles. The summed E-state index contributed by atoms with van der Waals surface area (Å²) in [5.74, 6) is -0.768. The molecule has 0 bridgehead atoms. The molecule has 1 aromatic rings. The zero-order chi connectivity index (χ0) is 16.0. The second-order valence-electron chi connectivity index (χ2n) is 6.09. The van der Waals surface area contributed by atoms with Gasteiger partial charge in [-0.05, 0) is 36.6 Å². The quantitative estimate of drug-likeness (QED) is 0.821. The second kappa shape index (κ2) is 5.12. The van der Waals surface area contributed by atoms with Crippen molar-refractivity contribution in [2.75, 3.05) is 19.0 Å². The molecular weight excluding hydrogens is 282 g/mol. The molecule has 116 valence electrons. The number of hydrogen-bond acceptors (Lipinski definition) is 4. The van der Waals surface area contributed by atoms with E-state index in [-0.39, 0.29) is 24.1 Å². The van der Waals surface area contributed by atoms with Gasteiger partial charge in [0.1, 0.15) is 6.04 Å². The van der Waals surface area contributed by atoms with Gasteiger partial charge in [0.05, 0.1) is 0 Å². The number of anilines is 1. The van der Waals surface area contributed by atoms with Crippen LogP contribution in [-0.4, -0.2) is 42.8 Å². The maximum atomic E-state index is 12.6. The summed E-state index contributed by atoms with van der Waals surface area (Å²) in [4.78, 5) is 39.4. The Bertz CT molecular complexity index is 681. The standard InChI is InChI=1S/C16H19N3O3/c1-9-6-11-10(7-13(9)18(2)3)8-19(16(11)22)12-4-5-14(20)17-15(12)21/h6-7,12H,4-5,8H2,1-3H3,(H,17,20,21). The first-order chi connectivity index (χ1) is 10.4. The number of hydrogen-bond donors (Lipinski definition) is 1. The van der Waals surface area contributed by atoms with Gasteiger partial charge in [-0.3, -0.25) is 19.7 Å². The summed E-state index contributed by atoms with van der Waals surface area (Å²) in [7, 11) is 3.92. The predicted octanol–water partition coefficient (Wildman–Crippen LogP) is 0.822.